The van der Waals surface area contributed by atoms with E-state index in [0.717, 1.165) is 0 Å². The van der Waals surface area contributed by atoms with Crippen LogP contribution in [-0.4, -0.2) is 18.5 Å². The maximum absolute atomic E-state index is 13.4. The summed E-state index contributed by atoms with van der Waals surface area (Å²) in [5.74, 6) is -1.67. The summed E-state index contributed by atoms with van der Waals surface area (Å²) in [6.45, 7) is -0.475. The lowest BCUT2D eigenvalue weighted by atomic mass is 10.1. The van der Waals surface area contributed by atoms with Crippen LogP contribution >= 0.6 is 0 Å². The summed E-state index contributed by atoms with van der Waals surface area (Å²) in [4.78, 5) is 23.4. The highest BCUT2D eigenvalue weighted by molar-refractivity contribution is 5.91. The molecule has 0 radical (unpaired) electrons. The number of ether oxygens (including phenoxy) is 1. The summed E-state index contributed by atoms with van der Waals surface area (Å²) in [7, 11) is 0. The Balaban J connectivity index is 1.83. The average Bonchev–Trinajstić information content (AvgIpc) is 2.59. The fraction of sp³-hybridized carbons (Fsp3) is 0.118. The van der Waals surface area contributed by atoms with E-state index in [4.69, 9.17) is 10.00 Å². The van der Waals surface area contributed by atoms with E-state index in [0.29, 0.717) is 11.1 Å². The molecule has 0 spiro atoms. The second-order valence-electron chi connectivity index (χ2n) is 4.64. The average molecular weight is 312 g/mol. The number of halogens is 1. The minimum atomic E-state index is -0.705. The van der Waals surface area contributed by atoms with Gasteiger partial charge in [0.15, 0.2) is 6.61 Å². The lowest BCUT2D eigenvalue weighted by Gasteiger charge is -2.07. The molecular weight excluding hydrogens is 299 g/mol. The molecule has 23 heavy (non-hydrogen) atoms. The zero-order chi connectivity index (χ0) is 16.7. The number of esters is 1. The Hall–Kier alpha value is -3.20. The van der Waals surface area contributed by atoms with Crippen LogP contribution in [0.1, 0.15) is 21.5 Å². The molecule has 1 amide bonds. The van der Waals surface area contributed by atoms with E-state index in [-0.39, 0.29) is 12.1 Å². The van der Waals surface area contributed by atoms with Crippen molar-refractivity contribution >= 4 is 11.9 Å². The molecule has 1 N–H and O–H groups in total. The molecule has 0 saturated carbocycles. The lowest BCUT2D eigenvalue weighted by Crippen LogP contribution is -2.28. The summed E-state index contributed by atoms with van der Waals surface area (Å²) in [5, 5.41) is 11.2. The van der Waals surface area contributed by atoms with E-state index in [2.05, 4.69) is 5.32 Å². The van der Waals surface area contributed by atoms with E-state index in [1.165, 1.54) is 18.2 Å². The predicted molar refractivity (Wildman–Crippen MR) is 79.7 cm³/mol. The first-order valence-electron chi connectivity index (χ1n) is 6.77. The highest BCUT2D eigenvalue weighted by Crippen LogP contribution is 2.07. The summed E-state index contributed by atoms with van der Waals surface area (Å²) in [6.07, 6.45) is 0. The van der Waals surface area contributed by atoms with Gasteiger partial charge in [-0.3, -0.25) is 4.79 Å². The molecule has 0 fully saturated rings. The Labute approximate surface area is 132 Å². The van der Waals surface area contributed by atoms with Crippen LogP contribution in [0.4, 0.5) is 4.39 Å². The molecule has 2 aromatic rings. The van der Waals surface area contributed by atoms with Crippen molar-refractivity contribution in [2.45, 2.75) is 6.54 Å². The topological polar surface area (TPSA) is 79.2 Å². The summed E-state index contributed by atoms with van der Waals surface area (Å²) >= 11 is 0. The number of carbonyl (C=O) groups excluding carboxylic acids is 2. The number of hydrogen-bond acceptors (Lipinski definition) is 4. The van der Waals surface area contributed by atoms with Crippen LogP contribution < -0.4 is 5.32 Å². The molecule has 0 saturated heterocycles. The van der Waals surface area contributed by atoms with Crippen LogP contribution in [0, 0.1) is 17.1 Å². The van der Waals surface area contributed by atoms with Crippen LogP contribution in [0.25, 0.3) is 0 Å². The predicted octanol–water partition coefficient (Wildman–Crippen LogP) is 2.17. The van der Waals surface area contributed by atoms with Gasteiger partial charge in [0.1, 0.15) is 5.82 Å². The number of benzene rings is 2. The Morgan fingerprint density at radius 3 is 2.70 bits per heavy atom. The normalized spacial score (nSPS) is 9.74. The molecule has 0 aliphatic rings. The first-order valence-corrected chi connectivity index (χ1v) is 6.77. The van der Waals surface area contributed by atoms with Crippen molar-refractivity contribution in [1.29, 1.82) is 5.26 Å². The van der Waals surface area contributed by atoms with E-state index < -0.39 is 24.3 Å². The number of nitriles is 1. The lowest BCUT2D eigenvalue weighted by molar-refractivity contribution is -0.124. The third kappa shape index (κ3) is 4.64. The zero-order valence-corrected chi connectivity index (χ0v) is 12.1. The van der Waals surface area contributed by atoms with Gasteiger partial charge in [-0.15, -0.1) is 0 Å². The number of nitrogens with zero attached hydrogens (tertiary/aromatic N) is 1. The van der Waals surface area contributed by atoms with Crippen molar-refractivity contribution in [3.63, 3.8) is 0 Å². The molecule has 0 aliphatic heterocycles. The van der Waals surface area contributed by atoms with E-state index in [1.54, 1.807) is 30.3 Å². The highest BCUT2D eigenvalue weighted by atomic mass is 19.1. The molecule has 2 rings (SSSR count). The number of carbonyl (C=O) groups is 2. The van der Waals surface area contributed by atoms with Gasteiger partial charge < -0.3 is 10.1 Å². The van der Waals surface area contributed by atoms with Gasteiger partial charge in [-0.1, -0.05) is 24.3 Å². The van der Waals surface area contributed by atoms with Gasteiger partial charge in [0.05, 0.1) is 17.2 Å². The van der Waals surface area contributed by atoms with Gasteiger partial charge in [-0.2, -0.15) is 5.26 Å². The zero-order valence-electron chi connectivity index (χ0n) is 12.1. The largest absolute Gasteiger partial charge is 0.452 e. The minimum absolute atomic E-state index is 0.00692. The van der Waals surface area contributed by atoms with E-state index >= 15 is 0 Å². The van der Waals surface area contributed by atoms with Crippen LogP contribution in [0.5, 0.6) is 0 Å². The summed E-state index contributed by atoms with van der Waals surface area (Å²) in [6, 6.07) is 13.9. The SMILES string of the molecule is N#Cc1cccc(C(=O)OCC(=O)NCc2ccccc2F)c1. The van der Waals surface area contributed by atoms with Crippen LogP contribution in [-0.2, 0) is 16.1 Å². The monoisotopic (exact) mass is 312 g/mol. The first kappa shape index (κ1) is 16.2. The van der Waals surface area contributed by atoms with Gasteiger partial charge in [-0.25, -0.2) is 9.18 Å². The number of nitrogens with one attached hydrogen (secondary N) is 1. The summed E-state index contributed by atoms with van der Waals surface area (Å²) < 4.78 is 18.2. The van der Waals surface area contributed by atoms with Crippen molar-refractivity contribution in [3.8, 4) is 6.07 Å². The molecule has 116 valence electrons. The third-order valence-corrected chi connectivity index (χ3v) is 3.00. The summed E-state index contributed by atoms with van der Waals surface area (Å²) in [5.41, 5.74) is 0.850. The second kappa shape index (κ2) is 7.71. The molecule has 0 bridgehead atoms. The Kier molecular flexibility index (Phi) is 5.42. The Morgan fingerprint density at radius 1 is 1.17 bits per heavy atom. The molecular formula is C17H13FN2O3. The molecule has 0 aliphatic carbocycles. The van der Waals surface area contributed by atoms with Crippen molar-refractivity contribution in [2.75, 3.05) is 6.61 Å². The van der Waals surface area contributed by atoms with Gasteiger partial charge in [0.2, 0.25) is 0 Å². The molecule has 2 aromatic carbocycles. The van der Waals surface area contributed by atoms with Crippen molar-refractivity contribution < 1.29 is 18.7 Å². The van der Waals surface area contributed by atoms with Crippen molar-refractivity contribution in [1.82, 2.24) is 5.32 Å². The van der Waals surface area contributed by atoms with Gasteiger partial charge in [0.25, 0.3) is 5.91 Å². The number of amides is 1. The molecule has 6 heteroatoms. The van der Waals surface area contributed by atoms with E-state index in [1.807, 2.05) is 6.07 Å². The molecule has 0 unspecified atom stereocenters. The Morgan fingerprint density at radius 2 is 1.96 bits per heavy atom. The van der Waals surface area contributed by atoms with E-state index in [9.17, 15) is 14.0 Å². The highest BCUT2D eigenvalue weighted by Gasteiger charge is 2.11. The van der Waals surface area contributed by atoms with Crippen molar-refractivity contribution in [2.24, 2.45) is 0 Å². The molecule has 0 aromatic heterocycles. The van der Waals surface area contributed by atoms with Crippen LogP contribution in [0.3, 0.4) is 0 Å². The molecule has 0 heterocycles. The van der Waals surface area contributed by atoms with Crippen molar-refractivity contribution in [3.05, 3.63) is 71.0 Å². The fourth-order valence-electron chi connectivity index (χ4n) is 1.82. The Bertz CT molecular complexity index is 768. The molecule has 5 nitrogen and oxygen atoms in total. The number of hydrogen-bond donors (Lipinski definition) is 1. The maximum Gasteiger partial charge on any atom is 0.338 e. The third-order valence-electron chi connectivity index (χ3n) is 3.00. The molecule has 0 atom stereocenters. The van der Waals surface area contributed by atoms with Gasteiger partial charge >= 0.3 is 5.97 Å². The van der Waals surface area contributed by atoms with Crippen LogP contribution in [0.15, 0.2) is 48.5 Å². The van der Waals surface area contributed by atoms with Gasteiger partial charge in [-0.05, 0) is 24.3 Å². The number of rotatable bonds is 5. The standard InChI is InChI=1S/C17H13FN2O3/c18-15-7-2-1-5-14(15)10-20-16(21)11-23-17(22)13-6-3-4-12(8-13)9-19/h1-8H,10-11H2,(H,20,21). The quantitative estimate of drug-likeness (QED) is 0.858. The first-order chi connectivity index (χ1) is 11.1. The van der Waals surface area contributed by atoms with Crippen LogP contribution in [0.2, 0.25) is 0 Å². The maximum atomic E-state index is 13.4. The fourth-order valence-corrected chi connectivity index (χ4v) is 1.82. The smallest absolute Gasteiger partial charge is 0.338 e. The minimum Gasteiger partial charge on any atom is -0.452 e. The van der Waals surface area contributed by atoms with Gasteiger partial charge in [0, 0.05) is 12.1 Å². The second-order valence-corrected chi connectivity index (χ2v) is 4.64.